The average Bonchev–Trinajstić information content (AvgIpc) is 0.898. The minimum absolute atomic E-state index is 0.108. The second-order valence-corrected chi connectivity index (χ2v) is 36.4. The van der Waals surface area contributed by atoms with E-state index in [1.54, 1.807) is 0 Å². The van der Waals surface area contributed by atoms with E-state index < -0.39 is 97.5 Å². The summed E-state index contributed by atoms with van der Waals surface area (Å²) in [5.41, 5.74) is 0. The van der Waals surface area contributed by atoms with Gasteiger partial charge in [-0.25, -0.2) is 9.13 Å². The standard InChI is InChI=1S/C92H180O17P2/c1-6-9-12-15-18-21-24-27-30-32-34-36-38-40-42-44-47-49-55-60-65-70-75-89(94)102-81-87(108-92(97)78-73-68-63-58-51-48-45-43-41-39-37-35-33-31-28-25-22-19-16-13-10-7-2)83-106-110(98,99)104-79-86(93)80-105-111(100,101)107-84-88(82-103-90(95)76-71-66-61-56-53-52-54-59-64-69-74-85(4)5)109-91(96)77-72-67-62-57-50-46-29-26-23-20-17-14-11-8-3/h85-88,93H,6-84H2,1-5H3,(H,98,99)(H,100,101)/t86-,87-,88-/m1/s1. The number of ether oxygens (including phenoxy) is 4. The lowest BCUT2D eigenvalue weighted by Gasteiger charge is -2.21. The highest BCUT2D eigenvalue weighted by Gasteiger charge is 2.31. The Morgan fingerprint density at radius 1 is 0.243 bits per heavy atom. The molecule has 0 aliphatic rings. The molecule has 19 heteroatoms. The fourth-order valence-corrected chi connectivity index (χ4v) is 16.1. The summed E-state index contributed by atoms with van der Waals surface area (Å²) in [6.45, 7) is 7.39. The first-order valence-corrected chi connectivity index (χ1v) is 50.6. The third-order valence-corrected chi connectivity index (χ3v) is 23.7. The molecule has 17 nitrogen and oxygen atoms in total. The van der Waals surface area contributed by atoms with Crippen LogP contribution in [0.25, 0.3) is 0 Å². The van der Waals surface area contributed by atoms with Gasteiger partial charge in [0.25, 0.3) is 0 Å². The van der Waals surface area contributed by atoms with Crippen molar-refractivity contribution in [3.63, 3.8) is 0 Å². The first-order chi connectivity index (χ1) is 54.0. The molecule has 0 spiro atoms. The summed E-state index contributed by atoms with van der Waals surface area (Å²) in [6, 6.07) is 0. The number of aliphatic hydroxyl groups is 1. The van der Waals surface area contributed by atoms with Crippen molar-refractivity contribution < 1.29 is 80.2 Å². The molecular formula is C92H180O17P2. The van der Waals surface area contributed by atoms with Crippen molar-refractivity contribution in [1.29, 1.82) is 0 Å². The zero-order chi connectivity index (χ0) is 81.1. The lowest BCUT2D eigenvalue weighted by Crippen LogP contribution is -2.30. The molecule has 0 heterocycles. The van der Waals surface area contributed by atoms with Gasteiger partial charge in [0, 0.05) is 25.7 Å². The number of hydrogen-bond acceptors (Lipinski definition) is 15. The van der Waals surface area contributed by atoms with Gasteiger partial charge in [-0.15, -0.1) is 0 Å². The minimum Gasteiger partial charge on any atom is -0.462 e. The Bertz CT molecular complexity index is 2100. The summed E-state index contributed by atoms with van der Waals surface area (Å²) >= 11 is 0. The number of carbonyl (C=O) groups excluding carboxylic acids is 4. The molecule has 2 unspecified atom stereocenters. The van der Waals surface area contributed by atoms with Crippen molar-refractivity contribution in [1.82, 2.24) is 0 Å². The number of esters is 4. The summed E-state index contributed by atoms with van der Waals surface area (Å²) in [5.74, 6) is -1.33. The second-order valence-electron chi connectivity index (χ2n) is 33.5. The van der Waals surface area contributed by atoms with Crippen molar-refractivity contribution in [2.45, 2.75) is 522 Å². The number of unbranched alkanes of at least 4 members (excludes halogenated alkanes) is 64. The van der Waals surface area contributed by atoms with Gasteiger partial charge >= 0.3 is 39.5 Å². The van der Waals surface area contributed by atoms with Crippen LogP contribution in [0.3, 0.4) is 0 Å². The van der Waals surface area contributed by atoms with Crippen molar-refractivity contribution in [2.75, 3.05) is 39.6 Å². The van der Waals surface area contributed by atoms with E-state index in [0.717, 1.165) is 95.8 Å². The van der Waals surface area contributed by atoms with E-state index in [9.17, 15) is 43.2 Å². The molecule has 0 bridgehead atoms. The quantitative estimate of drug-likeness (QED) is 0.0222. The zero-order valence-corrected chi connectivity index (χ0v) is 74.9. The molecule has 0 fully saturated rings. The molecule has 0 aromatic rings. The van der Waals surface area contributed by atoms with Crippen molar-refractivity contribution >= 4 is 39.5 Å². The topological polar surface area (TPSA) is 237 Å². The molecule has 0 radical (unpaired) electrons. The monoisotopic (exact) mass is 1620 g/mol. The largest absolute Gasteiger partial charge is 0.472 e. The van der Waals surface area contributed by atoms with E-state index >= 15 is 0 Å². The molecular weight excluding hydrogens is 1440 g/mol. The summed E-state index contributed by atoms with van der Waals surface area (Å²) < 4.78 is 69.1. The fraction of sp³-hybridized carbons (Fsp3) is 0.957. The minimum atomic E-state index is -4.97. The van der Waals surface area contributed by atoms with Crippen LogP contribution in [0.15, 0.2) is 0 Å². The van der Waals surface area contributed by atoms with Crippen LogP contribution < -0.4 is 0 Å². The lowest BCUT2D eigenvalue weighted by atomic mass is 10.0. The van der Waals surface area contributed by atoms with Crippen molar-refractivity contribution in [2.24, 2.45) is 5.92 Å². The first-order valence-electron chi connectivity index (χ1n) is 47.6. The van der Waals surface area contributed by atoms with Crippen LogP contribution in [0.2, 0.25) is 0 Å². The molecule has 0 aromatic carbocycles. The third kappa shape index (κ3) is 85.8. The van der Waals surface area contributed by atoms with Gasteiger partial charge in [0.05, 0.1) is 26.4 Å². The number of hydrogen-bond donors (Lipinski definition) is 3. The summed E-state index contributed by atoms with van der Waals surface area (Å²) in [4.78, 5) is 73.4. The van der Waals surface area contributed by atoms with Crippen LogP contribution in [0.4, 0.5) is 0 Å². The molecule has 111 heavy (non-hydrogen) atoms. The highest BCUT2D eigenvalue weighted by molar-refractivity contribution is 7.47. The van der Waals surface area contributed by atoms with Crippen molar-refractivity contribution in [3.05, 3.63) is 0 Å². The summed E-state index contributed by atoms with van der Waals surface area (Å²) in [5, 5.41) is 10.7. The number of aliphatic hydroxyl groups excluding tert-OH is 1. The first kappa shape index (κ1) is 109. The average molecular weight is 1620 g/mol. The number of phosphoric ester groups is 2. The van der Waals surface area contributed by atoms with E-state index in [4.69, 9.17) is 37.0 Å². The molecule has 0 saturated heterocycles. The maximum atomic E-state index is 13.2. The van der Waals surface area contributed by atoms with Crippen LogP contribution >= 0.6 is 15.6 Å². The number of phosphoric acid groups is 2. The van der Waals surface area contributed by atoms with Gasteiger partial charge in [-0.3, -0.25) is 37.3 Å². The van der Waals surface area contributed by atoms with Gasteiger partial charge in [-0.05, 0) is 31.6 Å². The Morgan fingerprint density at radius 3 is 0.613 bits per heavy atom. The Labute approximate surface area is 683 Å². The number of rotatable bonds is 92. The zero-order valence-electron chi connectivity index (χ0n) is 73.1. The van der Waals surface area contributed by atoms with Gasteiger partial charge < -0.3 is 33.8 Å². The normalized spacial score (nSPS) is 13.7. The molecule has 660 valence electrons. The Hall–Kier alpha value is -1.94. The highest BCUT2D eigenvalue weighted by Crippen LogP contribution is 2.45. The van der Waals surface area contributed by atoms with Crippen molar-refractivity contribution in [3.8, 4) is 0 Å². The van der Waals surface area contributed by atoms with Gasteiger partial charge in [0.2, 0.25) is 0 Å². The molecule has 0 aliphatic heterocycles. The Morgan fingerprint density at radius 2 is 0.414 bits per heavy atom. The highest BCUT2D eigenvalue weighted by atomic mass is 31.2. The molecule has 0 saturated carbocycles. The van der Waals surface area contributed by atoms with Crippen LogP contribution in [-0.2, 0) is 65.4 Å². The second kappa shape index (κ2) is 84.5. The molecule has 0 aromatic heterocycles. The van der Waals surface area contributed by atoms with E-state index in [1.807, 2.05) is 0 Å². The number of carbonyl (C=O) groups is 4. The summed E-state index contributed by atoms with van der Waals surface area (Å²) in [6.07, 6.45) is 80.8. The molecule has 3 N–H and O–H groups in total. The van der Waals surface area contributed by atoms with Gasteiger partial charge in [-0.2, -0.15) is 0 Å². The molecule has 0 rings (SSSR count). The van der Waals surface area contributed by atoms with Crippen LogP contribution in [0.5, 0.6) is 0 Å². The lowest BCUT2D eigenvalue weighted by molar-refractivity contribution is -0.161. The molecule has 0 amide bonds. The maximum Gasteiger partial charge on any atom is 0.472 e. The SMILES string of the molecule is CCCCCCCCCCCCCCCCCCCCCCCCC(=O)OC[C@H](COP(=O)(O)OC[C@@H](O)COP(=O)(O)OC[C@@H](COC(=O)CCCCCCCCCCCCC(C)C)OC(=O)CCCCCCCCCCCCCCCC)OC(=O)CCCCCCCCCCCCCCCCCCCCCCCC. The Balaban J connectivity index is 5.23. The van der Waals surface area contributed by atoms with E-state index in [1.165, 1.54) is 327 Å². The van der Waals surface area contributed by atoms with Crippen LogP contribution in [0.1, 0.15) is 503 Å². The molecule has 0 aliphatic carbocycles. The van der Waals surface area contributed by atoms with E-state index in [2.05, 4.69) is 34.6 Å². The predicted octanol–water partition coefficient (Wildman–Crippen LogP) is 28.7. The summed E-state index contributed by atoms with van der Waals surface area (Å²) in [7, 11) is -9.94. The third-order valence-electron chi connectivity index (χ3n) is 21.8. The Kier molecular flexibility index (Phi) is 83.0. The smallest absolute Gasteiger partial charge is 0.462 e. The van der Waals surface area contributed by atoms with E-state index in [-0.39, 0.29) is 25.7 Å². The van der Waals surface area contributed by atoms with Gasteiger partial charge in [0.15, 0.2) is 12.2 Å². The van der Waals surface area contributed by atoms with Crippen LogP contribution in [-0.4, -0.2) is 96.7 Å². The fourth-order valence-electron chi connectivity index (χ4n) is 14.5. The maximum absolute atomic E-state index is 13.2. The van der Waals surface area contributed by atoms with Gasteiger partial charge in [0.1, 0.15) is 19.3 Å². The van der Waals surface area contributed by atoms with Crippen LogP contribution in [0, 0.1) is 5.92 Å². The van der Waals surface area contributed by atoms with E-state index in [0.29, 0.717) is 25.7 Å². The molecule has 5 atom stereocenters. The predicted molar refractivity (Wildman–Crippen MR) is 460 cm³/mol. The van der Waals surface area contributed by atoms with Gasteiger partial charge in [-0.1, -0.05) is 452 Å².